The lowest BCUT2D eigenvalue weighted by Crippen LogP contribution is -2.22. The van der Waals surface area contributed by atoms with Gasteiger partial charge >= 0.3 is 5.97 Å². The molecule has 0 saturated heterocycles. The van der Waals surface area contributed by atoms with Crippen LogP contribution in [-0.2, 0) is 25.6 Å². The Balaban J connectivity index is 1.32. The summed E-state index contributed by atoms with van der Waals surface area (Å²) in [5.74, 6) is -1.41. The maximum absolute atomic E-state index is 12.5. The number of anilines is 1. The molecular formula is C23H13ClN2O6S. The number of carboxylic acids is 1. The van der Waals surface area contributed by atoms with E-state index in [4.69, 9.17) is 21.1 Å². The molecular weight excluding hydrogens is 468 g/mol. The Morgan fingerprint density at radius 3 is 2.70 bits per heavy atom. The van der Waals surface area contributed by atoms with E-state index in [2.05, 4.69) is 10.3 Å². The highest BCUT2D eigenvalue weighted by atomic mass is 35.5. The third-order valence-corrected chi connectivity index (χ3v) is 6.30. The molecule has 0 bridgehead atoms. The minimum atomic E-state index is -0.958. The molecule has 1 aromatic carbocycles. The maximum atomic E-state index is 12.5. The van der Waals surface area contributed by atoms with Crippen molar-refractivity contribution in [3.8, 4) is 22.8 Å². The number of allylic oxidation sites excluding steroid dienone is 3. The number of carbonyl (C=O) groups excluding carboxylic acids is 3. The van der Waals surface area contributed by atoms with Crippen molar-refractivity contribution in [1.82, 2.24) is 4.98 Å². The van der Waals surface area contributed by atoms with Crippen molar-refractivity contribution in [2.75, 3.05) is 5.32 Å². The SMILES string of the molecule is O=C(O)Cc1nc(-c2ccc(-c3ccc(NC(=O)C4=CC(=O)C5=C(C5)C4=O)cc3Cl)o2)cs1. The lowest BCUT2D eigenvalue weighted by atomic mass is 10.0. The van der Waals surface area contributed by atoms with Gasteiger partial charge in [-0.3, -0.25) is 19.2 Å². The second kappa shape index (κ2) is 7.95. The molecule has 1 amide bonds. The molecule has 0 atom stereocenters. The van der Waals surface area contributed by atoms with Crippen LogP contribution in [-0.4, -0.2) is 33.5 Å². The molecule has 8 nitrogen and oxygen atoms in total. The lowest BCUT2D eigenvalue weighted by Gasteiger charge is -2.10. The molecule has 2 aliphatic carbocycles. The minimum absolute atomic E-state index is 0.160. The average molecular weight is 481 g/mol. The lowest BCUT2D eigenvalue weighted by molar-refractivity contribution is -0.136. The van der Waals surface area contributed by atoms with E-state index in [1.807, 2.05) is 0 Å². The molecule has 10 heteroatoms. The van der Waals surface area contributed by atoms with E-state index in [9.17, 15) is 19.2 Å². The number of carboxylic acid groups (broad SMARTS) is 1. The van der Waals surface area contributed by atoms with Crippen molar-refractivity contribution in [3.63, 3.8) is 0 Å². The smallest absolute Gasteiger partial charge is 0.310 e. The first-order valence-corrected chi connectivity index (χ1v) is 11.0. The minimum Gasteiger partial charge on any atom is -0.481 e. The molecule has 5 rings (SSSR count). The standard InChI is InChI=1S/C23H13ClN2O6S/c24-15-5-10(25-23(31)14-7-17(27)12-6-13(12)22(14)30)1-2-11(15)18-3-4-19(32-18)16-9-33-20(26-16)8-21(28)29/h1-5,7,9H,6,8H2,(H,25,31)(H,28,29). The van der Waals surface area contributed by atoms with Gasteiger partial charge in [0.05, 0.1) is 17.0 Å². The number of thiazole rings is 1. The fraction of sp³-hybridized carbons (Fsp3) is 0.0870. The van der Waals surface area contributed by atoms with E-state index in [1.165, 1.54) is 17.4 Å². The third-order valence-electron chi connectivity index (χ3n) is 5.13. The molecule has 0 radical (unpaired) electrons. The van der Waals surface area contributed by atoms with Crippen LogP contribution in [0.5, 0.6) is 0 Å². The molecule has 2 aromatic heterocycles. The Bertz CT molecular complexity index is 1440. The zero-order valence-corrected chi connectivity index (χ0v) is 18.2. The highest BCUT2D eigenvalue weighted by Gasteiger charge is 2.40. The van der Waals surface area contributed by atoms with Crippen LogP contribution in [0.3, 0.4) is 0 Å². The van der Waals surface area contributed by atoms with Crippen molar-refractivity contribution in [2.45, 2.75) is 12.8 Å². The zero-order chi connectivity index (χ0) is 23.3. The van der Waals surface area contributed by atoms with Crippen LogP contribution < -0.4 is 5.32 Å². The summed E-state index contributed by atoms with van der Waals surface area (Å²) < 4.78 is 5.84. The van der Waals surface area contributed by atoms with E-state index in [0.29, 0.717) is 56.1 Å². The molecule has 0 aliphatic heterocycles. The van der Waals surface area contributed by atoms with Crippen molar-refractivity contribution >= 4 is 52.1 Å². The van der Waals surface area contributed by atoms with Gasteiger partial charge in [-0.1, -0.05) is 11.6 Å². The van der Waals surface area contributed by atoms with E-state index in [-0.39, 0.29) is 17.8 Å². The van der Waals surface area contributed by atoms with Crippen molar-refractivity contribution < 1.29 is 28.7 Å². The first-order valence-electron chi connectivity index (χ1n) is 9.70. The molecule has 33 heavy (non-hydrogen) atoms. The van der Waals surface area contributed by atoms with Crippen LogP contribution in [0.25, 0.3) is 22.8 Å². The first kappa shape index (κ1) is 21.0. The number of aliphatic carboxylic acids is 1. The van der Waals surface area contributed by atoms with Crippen LogP contribution in [0.1, 0.15) is 11.4 Å². The molecule has 2 N–H and O–H groups in total. The first-order chi connectivity index (χ1) is 15.8. The predicted molar refractivity (Wildman–Crippen MR) is 120 cm³/mol. The molecule has 0 spiro atoms. The number of benzene rings is 1. The fourth-order valence-corrected chi connectivity index (χ4v) is 4.49. The number of hydrogen-bond acceptors (Lipinski definition) is 7. The van der Waals surface area contributed by atoms with E-state index >= 15 is 0 Å². The monoisotopic (exact) mass is 480 g/mol. The van der Waals surface area contributed by atoms with Gasteiger partial charge in [0.2, 0.25) is 0 Å². The van der Waals surface area contributed by atoms with Gasteiger partial charge in [-0.2, -0.15) is 0 Å². The summed E-state index contributed by atoms with van der Waals surface area (Å²) in [5.41, 5.74) is 2.16. The predicted octanol–water partition coefficient (Wildman–Crippen LogP) is 4.07. The molecule has 2 aliphatic rings. The number of ketones is 2. The number of nitrogens with zero attached hydrogens (tertiary/aromatic N) is 1. The quantitative estimate of drug-likeness (QED) is 0.402. The number of aromatic nitrogens is 1. The summed E-state index contributed by atoms with van der Waals surface area (Å²) in [5, 5.41) is 14.0. The van der Waals surface area contributed by atoms with Gasteiger partial charge in [0.1, 0.15) is 16.5 Å². The normalized spacial score (nSPS) is 14.8. The van der Waals surface area contributed by atoms with Gasteiger partial charge in [-0.25, -0.2) is 4.98 Å². The van der Waals surface area contributed by atoms with Crippen molar-refractivity contribution in [3.05, 3.63) is 68.5 Å². The summed E-state index contributed by atoms with van der Waals surface area (Å²) in [6.45, 7) is 0. The Morgan fingerprint density at radius 2 is 1.94 bits per heavy atom. The number of halogens is 1. The average Bonchev–Trinajstić information content (AvgIpc) is 3.21. The van der Waals surface area contributed by atoms with E-state index in [1.54, 1.807) is 29.6 Å². The number of amides is 1. The molecule has 0 fully saturated rings. The largest absolute Gasteiger partial charge is 0.481 e. The number of rotatable bonds is 6. The second-order valence-electron chi connectivity index (χ2n) is 7.39. The van der Waals surface area contributed by atoms with Crippen LogP contribution >= 0.6 is 22.9 Å². The van der Waals surface area contributed by atoms with Gasteiger partial charge in [0, 0.05) is 40.3 Å². The second-order valence-corrected chi connectivity index (χ2v) is 8.74. The number of carbonyl (C=O) groups is 4. The Kier molecular flexibility index (Phi) is 5.07. The molecule has 2 heterocycles. The van der Waals surface area contributed by atoms with Gasteiger partial charge in [0.25, 0.3) is 5.91 Å². The Hall–Kier alpha value is -3.82. The number of Topliss-reactive ketones (excluding diaryl/α,β-unsaturated/α-hetero) is 1. The molecule has 0 unspecified atom stereocenters. The number of nitrogens with one attached hydrogen (secondary N) is 1. The number of furan rings is 1. The zero-order valence-electron chi connectivity index (χ0n) is 16.7. The maximum Gasteiger partial charge on any atom is 0.310 e. The van der Waals surface area contributed by atoms with E-state index < -0.39 is 17.7 Å². The van der Waals surface area contributed by atoms with Gasteiger partial charge in [0.15, 0.2) is 17.3 Å². The number of hydrogen-bond donors (Lipinski definition) is 2. The van der Waals surface area contributed by atoms with Crippen molar-refractivity contribution in [1.29, 1.82) is 0 Å². The summed E-state index contributed by atoms with van der Waals surface area (Å²) in [4.78, 5) is 51.6. The highest BCUT2D eigenvalue weighted by molar-refractivity contribution is 7.10. The van der Waals surface area contributed by atoms with Crippen molar-refractivity contribution in [2.24, 2.45) is 0 Å². The third kappa shape index (κ3) is 4.04. The summed E-state index contributed by atoms with van der Waals surface area (Å²) >= 11 is 7.63. The summed E-state index contributed by atoms with van der Waals surface area (Å²) in [7, 11) is 0. The van der Waals surface area contributed by atoms with Gasteiger partial charge in [-0.05, 0) is 30.3 Å². The highest BCUT2D eigenvalue weighted by Crippen LogP contribution is 2.39. The van der Waals surface area contributed by atoms with E-state index in [0.717, 1.165) is 6.08 Å². The Labute approximate surface area is 195 Å². The molecule has 164 valence electrons. The Morgan fingerprint density at radius 1 is 1.15 bits per heavy atom. The summed E-state index contributed by atoms with van der Waals surface area (Å²) in [6.07, 6.45) is 1.26. The molecule has 0 saturated carbocycles. The topological polar surface area (TPSA) is 127 Å². The van der Waals surface area contributed by atoms with Gasteiger partial charge < -0.3 is 14.8 Å². The van der Waals surface area contributed by atoms with Crippen LogP contribution in [0.2, 0.25) is 5.02 Å². The van der Waals surface area contributed by atoms with Crippen LogP contribution in [0, 0.1) is 0 Å². The van der Waals surface area contributed by atoms with Crippen LogP contribution in [0.4, 0.5) is 5.69 Å². The molecule has 3 aromatic rings. The fourth-order valence-electron chi connectivity index (χ4n) is 3.45. The van der Waals surface area contributed by atoms with Crippen LogP contribution in [0.15, 0.2) is 62.9 Å². The summed E-state index contributed by atoms with van der Waals surface area (Å²) in [6, 6.07) is 8.19. The van der Waals surface area contributed by atoms with Gasteiger partial charge in [-0.15, -0.1) is 11.3 Å².